The second-order valence-corrected chi connectivity index (χ2v) is 8.97. The van der Waals surface area contributed by atoms with Crippen molar-refractivity contribution in [3.05, 3.63) is 0 Å². The number of alkyl carbamates (subject to hydrolysis) is 1. The van der Waals surface area contributed by atoms with E-state index in [0.29, 0.717) is 13.1 Å². The molecule has 2 amide bonds. The average molecular weight is 427 g/mol. The number of nitrogens with two attached hydrogens (primary N) is 1. The number of likely N-dealkylation sites (tertiary alicyclic amines) is 1. The first kappa shape index (κ1) is 26.0. The highest BCUT2D eigenvalue weighted by Crippen LogP contribution is 2.18. The van der Waals surface area contributed by atoms with Crippen LogP contribution in [0.2, 0.25) is 0 Å². The largest absolute Gasteiger partial charge is 0.444 e. The summed E-state index contributed by atoms with van der Waals surface area (Å²) in [4.78, 5) is 30.3. The molecule has 0 saturated carbocycles. The predicted octanol–water partition coefficient (Wildman–Crippen LogP) is 1.57. The maximum atomic E-state index is 12.3. The lowest BCUT2D eigenvalue weighted by Crippen LogP contribution is -2.53. The molecule has 1 aliphatic heterocycles. The average Bonchev–Trinajstić information content (AvgIpc) is 2.65. The number of rotatable bonds is 9. The van der Waals surface area contributed by atoms with Gasteiger partial charge in [-0.2, -0.15) is 0 Å². The van der Waals surface area contributed by atoms with E-state index in [9.17, 15) is 9.59 Å². The minimum atomic E-state index is -0.541. The van der Waals surface area contributed by atoms with Gasteiger partial charge in [-0.05, 0) is 53.4 Å². The zero-order chi connectivity index (χ0) is 22.8. The Morgan fingerprint density at radius 1 is 1.13 bits per heavy atom. The summed E-state index contributed by atoms with van der Waals surface area (Å²) in [6.45, 7) is 14.8. The molecular weight excluding hydrogens is 384 g/mol. The van der Waals surface area contributed by atoms with Crippen molar-refractivity contribution in [1.82, 2.24) is 20.9 Å². The van der Waals surface area contributed by atoms with Gasteiger partial charge in [0, 0.05) is 25.7 Å². The monoisotopic (exact) mass is 426 g/mol. The van der Waals surface area contributed by atoms with Crippen molar-refractivity contribution in [3.8, 4) is 0 Å². The highest BCUT2D eigenvalue weighted by Gasteiger charge is 2.30. The number of hydrogen-bond acceptors (Lipinski definition) is 5. The summed E-state index contributed by atoms with van der Waals surface area (Å²) in [5.74, 6) is 0.451. The quantitative estimate of drug-likeness (QED) is 0.328. The first-order valence-electron chi connectivity index (χ1n) is 11.1. The lowest BCUT2D eigenvalue weighted by Gasteiger charge is -2.34. The first-order valence-corrected chi connectivity index (χ1v) is 11.1. The van der Waals surface area contributed by atoms with Crippen molar-refractivity contribution in [3.63, 3.8) is 0 Å². The molecule has 1 saturated heterocycles. The molecular formula is C21H42N6O3. The van der Waals surface area contributed by atoms with E-state index in [4.69, 9.17) is 15.5 Å². The van der Waals surface area contributed by atoms with E-state index in [1.165, 1.54) is 0 Å². The molecule has 0 radical (unpaired) electrons. The fraction of sp³-hybridized carbons (Fsp3) is 0.857. The Kier molecular flexibility index (Phi) is 10.4. The molecule has 0 aliphatic carbocycles. The fourth-order valence-corrected chi connectivity index (χ4v) is 3.41. The Hall–Kier alpha value is -2.03. The third kappa shape index (κ3) is 9.65. The second kappa shape index (κ2) is 12.0. The van der Waals surface area contributed by atoms with Crippen molar-refractivity contribution in [1.29, 1.82) is 0 Å². The van der Waals surface area contributed by atoms with E-state index in [2.05, 4.69) is 20.9 Å². The van der Waals surface area contributed by atoms with Crippen molar-refractivity contribution in [2.75, 3.05) is 32.7 Å². The molecule has 0 aromatic rings. The van der Waals surface area contributed by atoms with Gasteiger partial charge in [0.05, 0.1) is 18.6 Å². The van der Waals surface area contributed by atoms with Crippen LogP contribution in [0, 0.1) is 0 Å². The SMILES string of the molecule is CCNC(=NCC(CC)(CC)NC(=O)OC(C)(C)C)NC1CCN(CC(N)=O)CC1. The van der Waals surface area contributed by atoms with Gasteiger partial charge < -0.3 is 26.4 Å². The van der Waals surface area contributed by atoms with E-state index in [0.717, 1.165) is 51.3 Å². The van der Waals surface area contributed by atoms with Crippen LogP contribution in [0.1, 0.15) is 67.2 Å². The van der Waals surface area contributed by atoms with Gasteiger partial charge in [-0.1, -0.05) is 13.8 Å². The Morgan fingerprint density at radius 2 is 1.73 bits per heavy atom. The van der Waals surface area contributed by atoms with Crippen LogP contribution in [0.5, 0.6) is 0 Å². The van der Waals surface area contributed by atoms with Gasteiger partial charge in [0.25, 0.3) is 0 Å². The Bertz CT molecular complexity index is 576. The number of guanidine groups is 1. The zero-order valence-electron chi connectivity index (χ0n) is 19.6. The van der Waals surface area contributed by atoms with Gasteiger partial charge in [-0.25, -0.2) is 4.79 Å². The smallest absolute Gasteiger partial charge is 0.408 e. The summed E-state index contributed by atoms with van der Waals surface area (Å²) in [5, 5.41) is 9.83. The lowest BCUT2D eigenvalue weighted by molar-refractivity contribution is -0.119. The molecule has 0 bridgehead atoms. The number of hydrogen-bond donors (Lipinski definition) is 4. The van der Waals surface area contributed by atoms with Crippen LogP contribution in [0.4, 0.5) is 4.79 Å². The standard InChI is InChI=1S/C21H42N6O3/c1-7-21(8-2,26-19(29)30-20(4,5)6)15-24-18(23-9-3)25-16-10-12-27(13-11-16)14-17(22)28/h16H,7-15H2,1-6H3,(H2,22,28)(H,26,29)(H2,23,24,25). The van der Waals surface area contributed by atoms with Gasteiger partial charge in [0.15, 0.2) is 5.96 Å². The fourth-order valence-electron chi connectivity index (χ4n) is 3.41. The summed E-state index contributed by atoms with van der Waals surface area (Å²) in [7, 11) is 0. The number of primary amides is 1. The Balaban J connectivity index is 2.73. The van der Waals surface area contributed by atoms with E-state index >= 15 is 0 Å². The second-order valence-electron chi connectivity index (χ2n) is 8.97. The topological polar surface area (TPSA) is 121 Å². The summed E-state index contributed by atoms with van der Waals surface area (Å²) < 4.78 is 5.44. The number of carbonyl (C=O) groups excluding carboxylic acids is 2. The molecule has 9 nitrogen and oxygen atoms in total. The lowest BCUT2D eigenvalue weighted by atomic mass is 9.93. The Morgan fingerprint density at radius 3 is 2.20 bits per heavy atom. The summed E-state index contributed by atoms with van der Waals surface area (Å²) in [6, 6.07) is 0.281. The van der Waals surface area contributed by atoms with Gasteiger partial charge in [-0.3, -0.25) is 14.7 Å². The van der Waals surface area contributed by atoms with Crippen molar-refractivity contribution in [2.24, 2.45) is 10.7 Å². The van der Waals surface area contributed by atoms with Crippen LogP contribution in [-0.4, -0.2) is 72.8 Å². The number of piperidine rings is 1. The number of ether oxygens (including phenoxy) is 1. The molecule has 174 valence electrons. The number of amides is 2. The highest BCUT2D eigenvalue weighted by molar-refractivity contribution is 5.80. The molecule has 1 fully saturated rings. The van der Waals surface area contributed by atoms with Gasteiger partial charge in [0.1, 0.15) is 5.60 Å². The molecule has 0 unspecified atom stereocenters. The van der Waals surface area contributed by atoms with Crippen molar-refractivity contribution < 1.29 is 14.3 Å². The van der Waals surface area contributed by atoms with Crippen LogP contribution in [-0.2, 0) is 9.53 Å². The minimum absolute atomic E-state index is 0.281. The third-order valence-electron chi connectivity index (χ3n) is 5.31. The van der Waals surface area contributed by atoms with Crippen LogP contribution in [0.15, 0.2) is 4.99 Å². The molecule has 1 heterocycles. The Labute approximate surface area is 181 Å². The van der Waals surface area contributed by atoms with Gasteiger partial charge in [0.2, 0.25) is 5.91 Å². The number of nitrogens with zero attached hydrogens (tertiary/aromatic N) is 2. The third-order valence-corrected chi connectivity index (χ3v) is 5.31. The van der Waals surface area contributed by atoms with Crippen LogP contribution >= 0.6 is 0 Å². The maximum Gasteiger partial charge on any atom is 0.408 e. The summed E-state index contributed by atoms with van der Waals surface area (Å²) in [5.41, 5.74) is 4.28. The normalized spacial score (nSPS) is 16.8. The summed E-state index contributed by atoms with van der Waals surface area (Å²) >= 11 is 0. The van der Waals surface area contributed by atoms with Crippen LogP contribution in [0.25, 0.3) is 0 Å². The highest BCUT2D eigenvalue weighted by atomic mass is 16.6. The number of aliphatic imine (C=N–C) groups is 1. The molecule has 9 heteroatoms. The van der Waals surface area contributed by atoms with Crippen LogP contribution in [0.3, 0.4) is 0 Å². The predicted molar refractivity (Wildman–Crippen MR) is 120 cm³/mol. The molecule has 0 aromatic carbocycles. The van der Waals surface area contributed by atoms with Gasteiger partial charge >= 0.3 is 6.09 Å². The molecule has 5 N–H and O–H groups in total. The molecule has 0 spiro atoms. The molecule has 30 heavy (non-hydrogen) atoms. The molecule has 0 aromatic heterocycles. The van der Waals surface area contributed by atoms with E-state index in [1.54, 1.807) is 0 Å². The van der Waals surface area contributed by atoms with Crippen molar-refractivity contribution in [2.45, 2.75) is 84.4 Å². The molecule has 1 rings (SSSR count). The summed E-state index contributed by atoms with van der Waals surface area (Å²) in [6.07, 6.45) is 2.91. The number of nitrogens with one attached hydrogen (secondary N) is 3. The minimum Gasteiger partial charge on any atom is -0.444 e. The van der Waals surface area contributed by atoms with E-state index < -0.39 is 17.2 Å². The van der Waals surface area contributed by atoms with E-state index in [1.807, 2.05) is 41.5 Å². The first-order chi connectivity index (χ1) is 14.0. The maximum absolute atomic E-state index is 12.3. The van der Waals surface area contributed by atoms with Gasteiger partial charge in [-0.15, -0.1) is 0 Å². The molecule has 1 aliphatic rings. The zero-order valence-corrected chi connectivity index (χ0v) is 19.6. The van der Waals surface area contributed by atoms with E-state index in [-0.39, 0.29) is 11.9 Å². The van der Waals surface area contributed by atoms with Crippen LogP contribution < -0.4 is 21.7 Å². The number of carbonyl (C=O) groups is 2. The van der Waals surface area contributed by atoms with Crippen molar-refractivity contribution >= 4 is 18.0 Å². The molecule has 0 atom stereocenters.